The Hall–Kier alpha value is -3.85. The van der Waals surface area contributed by atoms with E-state index < -0.39 is 15.7 Å². The number of aromatic nitrogens is 3. The van der Waals surface area contributed by atoms with Gasteiger partial charge in [0.05, 0.1) is 34.8 Å². The van der Waals surface area contributed by atoms with Crippen molar-refractivity contribution in [3.8, 4) is 5.75 Å². The first-order valence-electron chi connectivity index (χ1n) is 11.3. The number of ether oxygens (including phenoxy) is 1. The van der Waals surface area contributed by atoms with Crippen LogP contribution in [0.2, 0.25) is 0 Å². The Bertz CT molecular complexity index is 1710. The minimum Gasteiger partial charge on any atom is -0.494 e. The number of fused-ring (bicyclic) bond motifs is 2. The van der Waals surface area contributed by atoms with Crippen LogP contribution >= 0.6 is 0 Å². The largest absolute Gasteiger partial charge is 0.494 e. The molecular formula is C26H25N3O5S. The number of hydrogen-bond donors (Lipinski definition) is 0. The van der Waals surface area contributed by atoms with E-state index in [1.54, 1.807) is 31.2 Å². The van der Waals surface area contributed by atoms with Gasteiger partial charge < -0.3 is 9.26 Å². The number of benzene rings is 3. The molecule has 5 aromatic rings. The highest BCUT2D eigenvalue weighted by molar-refractivity contribution is 7.90. The summed E-state index contributed by atoms with van der Waals surface area (Å²) in [6, 6.07) is 17.2. The average molecular weight is 492 g/mol. The number of aryl methyl sites for hydroxylation is 2. The molecule has 5 rings (SSSR count). The van der Waals surface area contributed by atoms with Crippen molar-refractivity contribution < 1.29 is 17.7 Å². The Morgan fingerprint density at radius 2 is 1.77 bits per heavy atom. The van der Waals surface area contributed by atoms with Crippen LogP contribution in [0.15, 0.2) is 74.9 Å². The maximum atomic E-state index is 13.7. The quantitative estimate of drug-likeness (QED) is 0.329. The number of rotatable bonds is 7. The first-order valence-corrected chi connectivity index (χ1v) is 12.8. The maximum absolute atomic E-state index is 13.7. The standard InChI is InChI=1S/C26H25N3O5S/c1-4-12-33-20-7-5-6-19(13-20)16-28-23-14-22-18(3)27-34-25(22)15-24(23)29(26(28)30)35(31,32)21-10-8-17(2)9-11-21/h5-11,13-15H,4,12,16H2,1-3H3. The fourth-order valence-electron chi connectivity index (χ4n) is 4.11. The first-order chi connectivity index (χ1) is 16.8. The van der Waals surface area contributed by atoms with E-state index in [0.717, 1.165) is 26.9 Å². The monoisotopic (exact) mass is 491 g/mol. The molecule has 0 saturated carbocycles. The van der Waals surface area contributed by atoms with Gasteiger partial charge in [-0.1, -0.05) is 41.9 Å². The summed E-state index contributed by atoms with van der Waals surface area (Å²) in [4.78, 5) is 13.7. The van der Waals surface area contributed by atoms with Crippen LogP contribution in [0.1, 0.15) is 30.2 Å². The molecule has 0 unspecified atom stereocenters. The molecule has 180 valence electrons. The zero-order valence-electron chi connectivity index (χ0n) is 19.7. The molecule has 35 heavy (non-hydrogen) atoms. The molecule has 0 spiro atoms. The van der Waals surface area contributed by atoms with Crippen molar-refractivity contribution in [2.75, 3.05) is 6.61 Å². The van der Waals surface area contributed by atoms with E-state index in [2.05, 4.69) is 5.16 Å². The first kappa shape index (κ1) is 22.9. The van der Waals surface area contributed by atoms with Gasteiger partial charge in [0.15, 0.2) is 5.58 Å². The van der Waals surface area contributed by atoms with Crippen LogP contribution in [0.3, 0.4) is 0 Å². The maximum Gasteiger partial charge on any atom is 0.343 e. The Balaban J connectivity index is 1.73. The smallest absolute Gasteiger partial charge is 0.343 e. The summed E-state index contributed by atoms with van der Waals surface area (Å²) < 4.78 is 40.7. The number of hydrogen-bond acceptors (Lipinski definition) is 6. The summed E-state index contributed by atoms with van der Waals surface area (Å²) in [5, 5.41) is 4.72. The normalized spacial score (nSPS) is 12.0. The molecule has 0 bridgehead atoms. The summed E-state index contributed by atoms with van der Waals surface area (Å²) >= 11 is 0. The van der Waals surface area contributed by atoms with Crippen molar-refractivity contribution in [1.82, 2.24) is 13.7 Å². The second kappa shape index (κ2) is 8.74. The Kier molecular flexibility index (Phi) is 5.72. The molecule has 0 saturated heterocycles. The third-order valence-electron chi connectivity index (χ3n) is 5.93. The van der Waals surface area contributed by atoms with Gasteiger partial charge in [-0.2, -0.15) is 3.97 Å². The van der Waals surface area contributed by atoms with E-state index >= 15 is 0 Å². The van der Waals surface area contributed by atoms with E-state index in [1.807, 2.05) is 38.1 Å². The van der Waals surface area contributed by atoms with E-state index in [-0.39, 0.29) is 17.0 Å². The minimum atomic E-state index is -4.17. The third kappa shape index (κ3) is 4.01. The van der Waals surface area contributed by atoms with Crippen LogP contribution in [-0.4, -0.2) is 28.7 Å². The molecule has 3 aromatic carbocycles. The number of imidazole rings is 1. The van der Waals surface area contributed by atoms with Gasteiger partial charge in [0, 0.05) is 11.5 Å². The summed E-state index contributed by atoms with van der Waals surface area (Å²) in [7, 11) is -4.17. The van der Waals surface area contributed by atoms with Gasteiger partial charge in [0.2, 0.25) is 0 Å². The summed E-state index contributed by atoms with van der Waals surface area (Å²) in [6.45, 7) is 6.46. The predicted octanol–water partition coefficient (Wildman–Crippen LogP) is 4.64. The lowest BCUT2D eigenvalue weighted by Gasteiger charge is -2.08. The van der Waals surface area contributed by atoms with Crippen molar-refractivity contribution in [2.45, 2.75) is 38.6 Å². The van der Waals surface area contributed by atoms with Gasteiger partial charge >= 0.3 is 5.69 Å². The lowest BCUT2D eigenvalue weighted by Crippen LogP contribution is -2.30. The van der Waals surface area contributed by atoms with Crippen molar-refractivity contribution in [3.63, 3.8) is 0 Å². The summed E-state index contributed by atoms with van der Waals surface area (Å²) in [6.07, 6.45) is 0.877. The van der Waals surface area contributed by atoms with Crippen LogP contribution < -0.4 is 10.4 Å². The fourth-order valence-corrected chi connectivity index (χ4v) is 5.51. The second-order valence-electron chi connectivity index (χ2n) is 8.55. The van der Waals surface area contributed by atoms with Crippen LogP contribution in [-0.2, 0) is 16.6 Å². The van der Waals surface area contributed by atoms with Crippen LogP contribution in [0.4, 0.5) is 0 Å². The van der Waals surface area contributed by atoms with Gasteiger partial charge in [-0.05, 0) is 56.2 Å². The van der Waals surface area contributed by atoms with Crippen LogP contribution in [0, 0.1) is 13.8 Å². The SMILES string of the molecule is CCCOc1cccc(Cn2c(=O)n(S(=O)(=O)c3ccc(C)cc3)c3cc4onc(C)c4cc32)c1. The zero-order chi connectivity index (χ0) is 24.7. The van der Waals surface area contributed by atoms with Gasteiger partial charge in [0.25, 0.3) is 10.0 Å². The predicted molar refractivity (Wildman–Crippen MR) is 134 cm³/mol. The molecule has 0 atom stereocenters. The Morgan fingerprint density at radius 1 is 1.00 bits per heavy atom. The van der Waals surface area contributed by atoms with E-state index in [4.69, 9.17) is 9.26 Å². The van der Waals surface area contributed by atoms with Gasteiger partial charge in [-0.3, -0.25) is 4.57 Å². The molecular weight excluding hydrogens is 466 g/mol. The molecule has 0 aliphatic carbocycles. The van der Waals surface area contributed by atoms with Gasteiger partial charge in [-0.15, -0.1) is 0 Å². The van der Waals surface area contributed by atoms with E-state index in [9.17, 15) is 13.2 Å². The van der Waals surface area contributed by atoms with Crippen molar-refractivity contribution in [3.05, 3.63) is 88.0 Å². The minimum absolute atomic E-state index is 0.0352. The molecule has 2 heterocycles. The van der Waals surface area contributed by atoms with Gasteiger partial charge in [0.1, 0.15) is 5.75 Å². The Morgan fingerprint density at radius 3 is 2.51 bits per heavy atom. The molecule has 0 amide bonds. The molecule has 0 aliphatic rings. The summed E-state index contributed by atoms with van der Waals surface area (Å²) in [5.41, 5.74) is 2.86. The van der Waals surface area contributed by atoms with Crippen molar-refractivity contribution >= 4 is 32.0 Å². The van der Waals surface area contributed by atoms with Crippen LogP contribution in [0.25, 0.3) is 22.0 Å². The average Bonchev–Trinajstić information content (AvgIpc) is 3.33. The van der Waals surface area contributed by atoms with E-state index in [1.165, 1.54) is 16.7 Å². The highest BCUT2D eigenvalue weighted by Gasteiger charge is 2.26. The molecule has 0 aliphatic heterocycles. The van der Waals surface area contributed by atoms with E-state index in [0.29, 0.717) is 29.2 Å². The lowest BCUT2D eigenvalue weighted by molar-refractivity contribution is 0.317. The molecule has 0 fully saturated rings. The fraction of sp³-hybridized carbons (Fsp3) is 0.231. The summed E-state index contributed by atoms with van der Waals surface area (Å²) in [5.74, 6) is 0.700. The lowest BCUT2D eigenvalue weighted by atomic mass is 10.2. The number of nitrogens with zero attached hydrogens (tertiary/aromatic N) is 3. The highest BCUT2D eigenvalue weighted by Crippen LogP contribution is 2.28. The highest BCUT2D eigenvalue weighted by atomic mass is 32.2. The molecule has 9 heteroatoms. The van der Waals surface area contributed by atoms with Crippen LogP contribution in [0.5, 0.6) is 5.75 Å². The second-order valence-corrected chi connectivity index (χ2v) is 10.3. The molecule has 8 nitrogen and oxygen atoms in total. The zero-order valence-corrected chi connectivity index (χ0v) is 20.5. The topological polar surface area (TPSA) is 96.3 Å². The third-order valence-corrected chi connectivity index (χ3v) is 7.63. The Labute approximate surface area is 202 Å². The molecule has 0 radical (unpaired) electrons. The molecule has 0 N–H and O–H groups in total. The van der Waals surface area contributed by atoms with Gasteiger partial charge in [-0.25, -0.2) is 13.2 Å². The van der Waals surface area contributed by atoms with Crippen molar-refractivity contribution in [2.24, 2.45) is 0 Å². The van der Waals surface area contributed by atoms with Crippen molar-refractivity contribution in [1.29, 1.82) is 0 Å². The molecule has 2 aromatic heterocycles.